The van der Waals surface area contributed by atoms with Crippen molar-refractivity contribution in [2.45, 2.75) is 52.5 Å². The van der Waals surface area contributed by atoms with E-state index in [4.69, 9.17) is 10.5 Å². The Labute approximate surface area is 140 Å². The second-order valence-electron chi connectivity index (χ2n) is 6.36. The van der Waals surface area contributed by atoms with Crippen molar-refractivity contribution in [3.8, 4) is 11.5 Å². The largest absolute Gasteiger partial charge is 0.504 e. The van der Waals surface area contributed by atoms with Crippen LogP contribution >= 0.6 is 0 Å². The molecule has 1 rings (SSSR count). The molecule has 0 aromatic heterocycles. The lowest BCUT2D eigenvalue weighted by atomic mass is 10.0. The number of methoxy groups -OCH3 is 1. The molecule has 0 fully saturated rings. The van der Waals surface area contributed by atoms with Gasteiger partial charge in [-0.3, -0.25) is 4.99 Å². The number of nitrogens with two attached hydrogens (primary N) is 1. The van der Waals surface area contributed by atoms with Crippen LogP contribution in [0.25, 0.3) is 0 Å². The zero-order valence-corrected chi connectivity index (χ0v) is 14.8. The van der Waals surface area contributed by atoms with Crippen LogP contribution in [0.15, 0.2) is 23.2 Å². The predicted octanol–water partition coefficient (Wildman–Crippen LogP) is 3.06. The molecule has 1 atom stereocenters. The molecule has 0 heterocycles. The summed E-state index contributed by atoms with van der Waals surface area (Å²) in [6.07, 6.45) is 4.13. The van der Waals surface area contributed by atoms with Gasteiger partial charge in [0, 0.05) is 12.6 Å². The highest BCUT2D eigenvalue weighted by atomic mass is 16.5. The Bertz CT molecular complexity index is 501. The molecule has 0 radical (unpaired) electrons. The topological polar surface area (TPSA) is 79.9 Å². The van der Waals surface area contributed by atoms with Crippen LogP contribution in [0, 0.1) is 5.92 Å². The molecule has 1 aromatic rings. The molecule has 4 N–H and O–H groups in total. The smallest absolute Gasteiger partial charge is 0.188 e. The first kappa shape index (κ1) is 19.1. The van der Waals surface area contributed by atoms with E-state index < -0.39 is 0 Å². The minimum absolute atomic E-state index is 0.179. The second kappa shape index (κ2) is 9.98. The van der Waals surface area contributed by atoms with Gasteiger partial charge in [-0.1, -0.05) is 38.8 Å². The summed E-state index contributed by atoms with van der Waals surface area (Å²) in [6.45, 7) is 7.12. The molecule has 1 aromatic carbocycles. The lowest BCUT2D eigenvalue weighted by Gasteiger charge is -2.15. The van der Waals surface area contributed by atoms with Crippen LogP contribution in [-0.4, -0.2) is 30.8 Å². The fourth-order valence-electron chi connectivity index (χ4n) is 2.43. The van der Waals surface area contributed by atoms with E-state index in [2.05, 4.69) is 31.1 Å². The van der Waals surface area contributed by atoms with E-state index in [-0.39, 0.29) is 5.75 Å². The first-order valence-electron chi connectivity index (χ1n) is 8.35. The number of ether oxygens (including phenoxy) is 1. The fourth-order valence-corrected chi connectivity index (χ4v) is 2.43. The lowest BCUT2D eigenvalue weighted by molar-refractivity contribution is 0.370. The molecule has 1 unspecified atom stereocenters. The average molecular weight is 321 g/mol. The molecule has 0 saturated carbocycles. The van der Waals surface area contributed by atoms with Crippen LogP contribution < -0.4 is 15.8 Å². The van der Waals surface area contributed by atoms with Crippen LogP contribution in [0.3, 0.4) is 0 Å². The molecule has 0 aliphatic heterocycles. The van der Waals surface area contributed by atoms with Crippen LogP contribution in [-0.2, 0) is 6.42 Å². The number of hydrogen-bond donors (Lipinski definition) is 3. The lowest BCUT2D eigenvalue weighted by Crippen LogP contribution is -2.38. The molecular weight excluding hydrogens is 290 g/mol. The minimum atomic E-state index is 0.179. The molecule has 130 valence electrons. The fraction of sp³-hybridized carbons (Fsp3) is 0.611. The highest BCUT2D eigenvalue weighted by molar-refractivity contribution is 5.78. The molecule has 5 nitrogen and oxygen atoms in total. The van der Waals surface area contributed by atoms with Crippen molar-refractivity contribution in [3.05, 3.63) is 23.8 Å². The molecule has 0 amide bonds. The summed E-state index contributed by atoms with van der Waals surface area (Å²) in [5, 5.41) is 13.2. The van der Waals surface area contributed by atoms with Crippen molar-refractivity contribution < 1.29 is 9.84 Å². The number of benzene rings is 1. The summed E-state index contributed by atoms with van der Waals surface area (Å²) in [7, 11) is 1.54. The summed E-state index contributed by atoms with van der Waals surface area (Å²) in [5.41, 5.74) is 6.73. The summed E-state index contributed by atoms with van der Waals surface area (Å²) >= 11 is 0. The number of hydrogen-bond acceptors (Lipinski definition) is 3. The number of rotatable bonds is 9. The zero-order chi connectivity index (χ0) is 17.2. The highest BCUT2D eigenvalue weighted by Gasteiger charge is 2.07. The number of phenols is 1. The molecular formula is C18H31N3O2. The van der Waals surface area contributed by atoms with Gasteiger partial charge in [0.05, 0.1) is 7.11 Å². The Kier molecular flexibility index (Phi) is 8.30. The third-order valence-corrected chi connectivity index (χ3v) is 3.78. The van der Waals surface area contributed by atoms with Crippen molar-refractivity contribution in [1.82, 2.24) is 5.32 Å². The van der Waals surface area contributed by atoms with E-state index >= 15 is 0 Å². The molecule has 0 spiro atoms. The first-order valence-corrected chi connectivity index (χ1v) is 8.35. The van der Waals surface area contributed by atoms with Crippen LogP contribution in [0.4, 0.5) is 0 Å². The SMILES string of the molecule is COc1cccc(CCN=C(N)NC(C)CCCC(C)C)c1O. The number of nitrogens with one attached hydrogen (secondary N) is 1. The number of aromatic hydroxyl groups is 1. The van der Waals surface area contributed by atoms with Crippen LogP contribution in [0.2, 0.25) is 0 Å². The third-order valence-electron chi connectivity index (χ3n) is 3.78. The monoisotopic (exact) mass is 321 g/mol. The molecule has 0 bridgehead atoms. The molecule has 0 saturated heterocycles. The van der Waals surface area contributed by atoms with E-state index in [1.54, 1.807) is 13.2 Å². The van der Waals surface area contributed by atoms with Gasteiger partial charge >= 0.3 is 0 Å². The zero-order valence-electron chi connectivity index (χ0n) is 14.8. The van der Waals surface area contributed by atoms with Gasteiger partial charge in [0.25, 0.3) is 0 Å². The van der Waals surface area contributed by atoms with Gasteiger partial charge in [0.2, 0.25) is 0 Å². The summed E-state index contributed by atoms with van der Waals surface area (Å²) in [5.74, 6) is 1.86. The highest BCUT2D eigenvalue weighted by Crippen LogP contribution is 2.29. The molecule has 23 heavy (non-hydrogen) atoms. The van der Waals surface area contributed by atoms with Crippen LogP contribution in [0.1, 0.15) is 45.6 Å². The minimum Gasteiger partial charge on any atom is -0.504 e. The summed E-state index contributed by atoms with van der Waals surface area (Å²) in [4.78, 5) is 4.33. The van der Waals surface area contributed by atoms with Crippen molar-refractivity contribution >= 4 is 5.96 Å². The van der Waals surface area contributed by atoms with Crippen molar-refractivity contribution in [3.63, 3.8) is 0 Å². The normalized spacial score (nSPS) is 13.2. The number of aliphatic imine (C=N–C) groups is 1. The predicted molar refractivity (Wildman–Crippen MR) is 96.1 cm³/mol. The summed E-state index contributed by atoms with van der Waals surface area (Å²) < 4.78 is 5.10. The van der Waals surface area contributed by atoms with Gasteiger partial charge < -0.3 is 20.9 Å². The van der Waals surface area contributed by atoms with Gasteiger partial charge in [0.15, 0.2) is 17.5 Å². The van der Waals surface area contributed by atoms with E-state index in [1.807, 2.05) is 12.1 Å². The Morgan fingerprint density at radius 2 is 2.04 bits per heavy atom. The average Bonchev–Trinajstić information content (AvgIpc) is 2.48. The Morgan fingerprint density at radius 3 is 2.70 bits per heavy atom. The standard InChI is InChI=1S/C18H31N3O2/c1-13(2)7-5-8-14(3)21-18(19)20-12-11-15-9-6-10-16(23-4)17(15)22/h6,9-10,13-14,22H,5,7-8,11-12H2,1-4H3,(H3,19,20,21). The van der Waals surface area contributed by atoms with E-state index in [0.29, 0.717) is 30.7 Å². The Morgan fingerprint density at radius 1 is 1.30 bits per heavy atom. The third kappa shape index (κ3) is 7.26. The first-order chi connectivity index (χ1) is 10.9. The van der Waals surface area contributed by atoms with Crippen molar-refractivity contribution in [2.24, 2.45) is 16.6 Å². The molecule has 0 aliphatic rings. The van der Waals surface area contributed by atoms with E-state index in [9.17, 15) is 5.11 Å². The van der Waals surface area contributed by atoms with Gasteiger partial charge in [-0.05, 0) is 37.3 Å². The van der Waals surface area contributed by atoms with Crippen molar-refractivity contribution in [1.29, 1.82) is 0 Å². The molecule has 5 heteroatoms. The van der Waals surface area contributed by atoms with E-state index in [0.717, 1.165) is 17.9 Å². The van der Waals surface area contributed by atoms with Gasteiger partial charge in [-0.15, -0.1) is 0 Å². The molecule has 0 aliphatic carbocycles. The number of nitrogens with zero attached hydrogens (tertiary/aromatic N) is 1. The maximum atomic E-state index is 10.0. The van der Waals surface area contributed by atoms with Gasteiger partial charge in [-0.25, -0.2) is 0 Å². The number of para-hydroxylation sites is 1. The maximum absolute atomic E-state index is 10.0. The Hall–Kier alpha value is -1.91. The quantitative estimate of drug-likeness (QED) is 0.482. The number of guanidine groups is 1. The number of phenolic OH excluding ortho intramolecular Hbond substituents is 1. The van der Waals surface area contributed by atoms with E-state index in [1.165, 1.54) is 12.8 Å². The Balaban J connectivity index is 2.39. The van der Waals surface area contributed by atoms with Crippen LogP contribution in [0.5, 0.6) is 11.5 Å². The summed E-state index contributed by atoms with van der Waals surface area (Å²) in [6, 6.07) is 5.78. The maximum Gasteiger partial charge on any atom is 0.188 e. The van der Waals surface area contributed by atoms with Gasteiger partial charge in [0.1, 0.15) is 0 Å². The van der Waals surface area contributed by atoms with Gasteiger partial charge in [-0.2, -0.15) is 0 Å². The second-order valence-corrected chi connectivity index (χ2v) is 6.36. The van der Waals surface area contributed by atoms with Crippen molar-refractivity contribution in [2.75, 3.05) is 13.7 Å².